The van der Waals surface area contributed by atoms with E-state index in [0.717, 1.165) is 0 Å². The van der Waals surface area contributed by atoms with E-state index in [1.807, 2.05) is 4.57 Å². The molecule has 0 amide bonds. The number of rotatable bonds is 3. The third-order valence-corrected chi connectivity index (χ3v) is 1.73. The van der Waals surface area contributed by atoms with Crippen LogP contribution in [0, 0.1) is 11.3 Å². The molecule has 1 atom stereocenters. The first-order valence-electron chi connectivity index (χ1n) is 3.62. The van der Waals surface area contributed by atoms with Crippen LogP contribution in [0.15, 0.2) is 18.7 Å². The molecule has 0 spiro atoms. The lowest BCUT2D eigenvalue weighted by atomic mass is 10.1. The van der Waals surface area contributed by atoms with Crippen molar-refractivity contribution >= 4 is 0 Å². The molecule has 4 nitrogen and oxygen atoms in total. The highest BCUT2D eigenvalue weighted by Gasteiger charge is 2.22. The van der Waals surface area contributed by atoms with Gasteiger partial charge < -0.3 is 9.30 Å². The van der Waals surface area contributed by atoms with Gasteiger partial charge in [-0.1, -0.05) is 0 Å². The molecule has 12 heavy (non-hydrogen) atoms. The van der Waals surface area contributed by atoms with Crippen LogP contribution in [0.25, 0.3) is 0 Å². The third-order valence-electron chi connectivity index (χ3n) is 1.73. The van der Waals surface area contributed by atoms with Gasteiger partial charge >= 0.3 is 0 Å². The van der Waals surface area contributed by atoms with Gasteiger partial charge in [0.05, 0.1) is 18.9 Å². The van der Waals surface area contributed by atoms with Crippen molar-refractivity contribution in [2.75, 3.05) is 7.11 Å². The molecule has 0 radical (unpaired) electrons. The van der Waals surface area contributed by atoms with E-state index in [9.17, 15) is 0 Å². The van der Waals surface area contributed by atoms with Crippen molar-refractivity contribution in [2.24, 2.45) is 0 Å². The molecule has 1 rings (SSSR count). The fourth-order valence-corrected chi connectivity index (χ4v) is 0.874. The maximum atomic E-state index is 8.78. The number of ether oxygens (including phenoxy) is 1. The van der Waals surface area contributed by atoms with Gasteiger partial charge in [-0.3, -0.25) is 0 Å². The lowest BCUT2D eigenvalue weighted by Gasteiger charge is -2.19. The monoisotopic (exact) mass is 165 g/mol. The summed E-state index contributed by atoms with van der Waals surface area (Å²) in [4.78, 5) is 3.87. The topological polar surface area (TPSA) is 50.8 Å². The second kappa shape index (κ2) is 3.37. The van der Waals surface area contributed by atoms with Gasteiger partial charge in [-0.2, -0.15) is 5.26 Å². The number of hydrogen-bond donors (Lipinski definition) is 0. The Morgan fingerprint density at radius 1 is 1.75 bits per heavy atom. The number of aromatic nitrogens is 2. The van der Waals surface area contributed by atoms with Gasteiger partial charge in [-0.25, -0.2) is 4.98 Å². The minimum atomic E-state index is -0.763. The molecule has 1 heterocycles. The van der Waals surface area contributed by atoms with Crippen LogP contribution in [0.2, 0.25) is 0 Å². The van der Waals surface area contributed by atoms with Crippen LogP contribution in [-0.4, -0.2) is 22.3 Å². The lowest BCUT2D eigenvalue weighted by Crippen LogP contribution is -2.30. The van der Waals surface area contributed by atoms with E-state index in [1.54, 1.807) is 25.6 Å². The zero-order chi connectivity index (χ0) is 9.03. The molecular formula is C8H11N3O. The van der Waals surface area contributed by atoms with Gasteiger partial charge in [0.1, 0.15) is 0 Å². The zero-order valence-electron chi connectivity index (χ0n) is 7.19. The van der Waals surface area contributed by atoms with E-state index in [0.29, 0.717) is 6.54 Å². The summed E-state index contributed by atoms with van der Waals surface area (Å²) in [6, 6.07) is 2.10. The molecule has 1 aromatic heterocycles. The maximum Gasteiger partial charge on any atom is 0.168 e. The highest BCUT2D eigenvalue weighted by Crippen LogP contribution is 2.10. The first-order chi connectivity index (χ1) is 5.70. The van der Waals surface area contributed by atoms with Crippen molar-refractivity contribution in [1.29, 1.82) is 5.26 Å². The zero-order valence-corrected chi connectivity index (χ0v) is 7.19. The normalized spacial score (nSPS) is 15.1. The predicted molar refractivity (Wildman–Crippen MR) is 43.3 cm³/mol. The molecule has 0 aliphatic rings. The predicted octanol–water partition coefficient (Wildman–Crippen LogP) is 0.812. The van der Waals surface area contributed by atoms with E-state index >= 15 is 0 Å². The molecule has 4 heteroatoms. The highest BCUT2D eigenvalue weighted by atomic mass is 16.5. The molecule has 0 N–H and O–H groups in total. The van der Waals surface area contributed by atoms with Crippen LogP contribution in [0.3, 0.4) is 0 Å². The highest BCUT2D eigenvalue weighted by molar-refractivity contribution is 4.98. The standard InChI is InChI=1S/C8H11N3O/c1-8(5-9,12-2)6-11-4-3-10-7-11/h3-4,7H,6H2,1-2H3. The van der Waals surface area contributed by atoms with Crippen LogP contribution in [0.5, 0.6) is 0 Å². The second-order valence-electron chi connectivity index (χ2n) is 2.78. The SMILES string of the molecule is COC(C)(C#N)Cn1ccnc1. The van der Waals surface area contributed by atoms with E-state index in [4.69, 9.17) is 10.00 Å². The summed E-state index contributed by atoms with van der Waals surface area (Å²) in [6.07, 6.45) is 5.14. The van der Waals surface area contributed by atoms with Crippen LogP contribution in [0.1, 0.15) is 6.92 Å². The lowest BCUT2D eigenvalue weighted by molar-refractivity contribution is 0.0406. The maximum absolute atomic E-state index is 8.78. The first-order valence-corrected chi connectivity index (χ1v) is 3.62. The van der Waals surface area contributed by atoms with Crippen LogP contribution >= 0.6 is 0 Å². The minimum Gasteiger partial charge on any atom is -0.362 e. The molecule has 0 bridgehead atoms. The van der Waals surface area contributed by atoms with Crippen LogP contribution in [0.4, 0.5) is 0 Å². The minimum absolute atomic E-state index is 0.500. The summed E-state index contributed by atoms with van der Waals surface area (Å²) in [5.41, 5.74) is -0.763. The Bertz CT molecular complexity index is 275. The Morgan fingerprint density at radius 3 is 2.92 bits per heavy atom. The van der Waals surface area contributed by atoms with Gasteiger partial charge in [-0.15, -0.1) is 0 Å². The van der Waals surface area contributed by atoms with Gasteiger partial charge in [0.2, 0.25) is 0 Å². The molecule has 0 aromatic carbocycles. The Balaban J connectivity index is 2.68. The summed E-state index contributed by atoms with van der Waals surface area (Å²) in [6.45, 7) is 2.24. The molecule has 1 aromatic rings. The molecule has 0 aliphatic heterocycles. The van der Waals surface area contributed by atoms with Crippen molar-refractivity contribution in [2.45, 2.75) is 19.1 Å². The van der Waals surface area contributed by atoms with Crippen LogP contribution in [-0.2, 0) is 11.3 Å². The Kier molecular flexibility index (Phi) is 2.46. The van der Waals surface area contributed by atoms with Crippen molar-refractivity contribution in [3.05, 3.63) is 18.7 Å². The summed E-state index contributed by atoms with van der Waals surface area (Å²) in [5.74, 6) is 0. The van der Waals surface area contributed by atoms with Crippen LogP contribution < -0.4 is 0 Å². The fourth-order valence-electron chi connectivity index (χ4n) is 0.874. The molecule has 0 saturated carbocycles. The smallest absolute Gasteiger partial charge is 0.168 e. The number of hydrogen-bond acceptors (Lipinski definition) is 3. The largest absolute Gasteiger partial charge is 0.362 e. The Hall–Kier alpha value is -1.34. The summed E-state index contributed by atoms with van der Waals surface area (Å²) < 4.78 is 6.86. The average Bonchev–Trinajstić information content (AvgIpc) is 2.57. The quantitative estimate of drug-likeness (QED) is 0.666. The van der Waals surface area contributed by atoms with E-state index in [1.165, 1.54) is 7.11 Å². The van der Waals surface area contributed by atoms with E-state index in [-0.39, 0.29) is 0 Å². The first kappa shape index (κ1) is 8.75. The molecule has 0 saturated heterocycles. The summed E-state index contributed by atoms with van der Waals surface area (Å²) in [7, 11) is 1.53. The number of nitrogens with zero attached hydrogens (tertiary/aromatic N) is 3. The van der Waals surface area contributed by atoms with Gasteiger partial charge in [0.25, 0.3) is 0 Å². The van der Waals surface area contributed by atoms with Crippen molar-refractivity contribution in [1.82, 2.24) is 9.55 Å². The van der Waals surface area contributed by atoms with Gasteiger partial charge in [0, 0.05) is 19.5 Å². The number of imidazole rings is 1. The molecule has 64 valence electrons. The Labute approximate surface area is 71.4 Å². The molecule has 1 unspecified atom stereocenters. The van der Waals surface area contributed by atoms with Crippen molar-refractivity contribution < 1.29 is 4.74 Å². The van der Waals surface area contributed by atoms with E-state index in [2.05, 4.69) is 11.1 Å². The second-order valence-corrected chi connectivity index (χ2v) is 2.78. The van der Waals surface area contributed by atoms with Crippen molar-refractivity contribution in [3.8, 4) is 6.07 Å². The van der Waals surface area contributed by atoms with Crippen molar-refractivity contribution in [3.63, 3.8) is 0 Å². The molecular weight excluding hydrogens is 154 g/mol. The summed E-state index contributed by atoms with van der Waals surface area (Å²) in [5, 5.41) is 8.78. The number of methoxy groups -OCH3 is 1. The molecule has 0 fully saturated rings. The number of nitriles is 1. The summed E-state index contributed by atoms with van der Waals surface area (Å²) >= 11 is 0. The fraction of sp³-hybridized carbons (Fsp3) is 0.500. The van der Waals surface area contributed by atoms with E-state index < -0.39 is 5.60 Å². The van der Waals surface area contributed by atoms with Gasteiger partial charge in [-0.05, 0) is 6.92 Å². The average molecular weight is 165 g/mol. The molecule has 0 aliphatic carbocycles. The third kappa shape index (κ3) is 1.83. The Morgan fingerprint density at radius 2 is 2.50 bits per heavy atom. The van der Waals surface area contributed by atoms with Gasteiger partial charge in [0.15, 0.2) is 5.60 Å².